The van der Waals surface area contributed by atoms with Crippen molar-refractivity contribution >= 4 is 5.97 Å². The highest BCUT2D eigenvalue weighted by atomic mass is 19.4. The van der Waals surface area contributed by atoms with Crippen molar-refractivity contribution in [1.29, 1.82) is 0 Å². The minimum atomic E-state index is -4.41. The van der Waals surface area contributed by atoms with Crippen LogP contribution in [-0.2, 0) is 16.4 Å². The molecule has 0 aliphatic heterocycles. The normalized spacial score (nSPS) is 12.6. The topological polar surface area (TPSA) is 37.3 Å². The highest BCUT2D eigenvalue weighted by molar-refractivity contribution is 5.80. The molecule has 0 atom stereocenters. The third-order valence-corrected chi connectivity index (χ3v) is 2.76. The van der Waals surface area contributed by atoms with Crippen molar-refractivity contribution in [3.8, 4) is 0 Å². The second-order valence-electron chi connectivity index (χ2n) is 4.46. The van der Waals surface area contributed by atoms with Crippen molar-refractivity contribution in [2.75, 3.05) is 0 Å². The molecule has 0 heterocycles. The van der Waals surface area contributed by atoms with Crippen molar-refractivity contribution in [3.63, 3.8) is 0 Å². The molecule has 94 valence electrons. The first kappa shape index (κ1) is 13.5. The number of rotatable bonds is 2. The SMILES string of the molecule is Cc1cc(C(F)(F)F)ccc1C(C)(C)C(=O)O. The van der Waals surface area contributed by atoms with E-state index in [1.54, 1.807) is 0 Å². The molecule has 0 spiro atoms. The largest absolute Gasteiger partial charge is 0.481 e. The van der Waals surface area contributed by atoms with E-state index in [0.29, 0.717) is 11.1 Å². The maximum Gasteiger partial charge on any atom is 0.416 e. The lowest BCUT2D eigenvalue weighted by molar-refractivity contribution is -0.142. The summed E-state index contributed by atoms with van der Waals surface area (Å²) in [5.41, 5.74) is -1.25. The molecule has 0 fully saturated rings. The minimum absolute atomic E-state index is 0.326. The average Bonchev–Trinajstić information content (AvgIpc) is 2.15. The molecule has 1 N–H and O–H groups in total. The van der Waals surface area contributed by atoms with E-state index in [9.17, 15) is 18.0 Å². The van der Waals surface area contributed by atoms with Crippen LogP contribution >= 0.6 is 0 Å². The van der Waals surface area contributed by atoms with Crippen molar-refractivity contribution in [3.05, 3.63) is 34.9 Å². The van der Waals surface area contributed by atoms with Crippen molar-refractivity contribution in [1.82, 2.24) is 0 Å². The van der Waals surface area contributed by atoms with E-state index in [4.69, 9.17) is 5.11 Å². The van der Waals surface area contributed by atoms with Crippen LogP contribution in [-0.4, -0.2) is 11.1 Å². The standard InChI is InChI=1S/C12H13F3O2/c1-7-6-8(12(13,14)15)4-5-9(7)11(2,3)10(16)17/h4-6H,1-3H3,(H,16,17). The Morgan fingerprint density at radius 1 is 1.24 bits per heavy atom. The maximum absolute atomic E-state index is 12.4. The molecule has 0 aliphatic carbocycles. The molecule has 0 amide bonds. The third-order valence-electron chi connectivity index (χ3n) is 2.76. The van der Waals surface area contributed by atoms with Gasteiger partial charge in [0.2, 0.25) is 0 Å². The van der Waals surface area contributed by atoms with Crippen LogP contribution < -0.4 is 0 Å². The molecule has 17 heavy (non-hydrogen) atoms. The predicted octanol–water partition coefficient (Wildman–Crippen LogP) is 3.38. The van der Waals surface area contributed by atoms with Gasteiger partial charge in [-0.25, -0.2) is 0 Å². The summed E-state index contributed by atoms with van der Waals surface area (Å²) in [4.78, 5) is 11.0. The molecule has 0 bridgehead atoms. The summed E-state index contributed by atoms with van der Waals surface area (Å²) in [5.74, 6) is -1.07. The van der Waals surface area contributed by atoms with Gasteiger partial charge in [0.15, 0.2) is 0 Å². The fourth-order valence-electron chi connectivity index (χ4n) is 1.66. The minimum Gasteiger partial charge on any atom is -0.481 e. The van der Waals surface area contributed by atoms with Gasteiger partial charge < -0.3 is 5.11 Å². The van der Waals surface area contributed by atoms with Gasteiger partial charge >= 0.3 is 12.1 Å². The number of carboxylic acid groups (broad SMARTS) is 1. The fourth-order valence-corrected chi connectivity index (χ4v) is 1.66. The Hall–Kier alpha value is -1.52. The van der Waals surface area contributed by atoms with Crippen LogP contribution in [0.3, 0.4) is 0 Å². The maximum atomic E-state index is 12.4. The molecule has 5 heteroatoms. The Bertz CT molecular complexity index is 448. The molecule has 0 aliphatic rings. The van der Waals surface area contributed by atoms with Gasteiger partial charge in [0.05, 0.1) is 11.0 Å². The van der Waals surface area contributed by atoms with Gasteiger partial charge in [-0.15, -0.1) is 0 Å². The smallest absolute Gasteiger partial charge is 0.416 e. The highest BCUT2D eigenvalue weighted by Gasteiger charge is 2.34. The predicted molar refractivity (Wildman–Crippen MR) is 56.8 cm³/mol. The third kappa shape index (κ3) is 2.60. The van der Waals surface area contributed by atoms with Crippen LogP contribution in [0.2, 0.25) is 0 Å². The summed E-state index contributed by atoms with van der Waals surface area (Å²) in [7, 11) is 0. The van der Waals surface area contributed by atoms with Crippen LogP contribution in [0, 0.1) is 6.92 Å². The first-order chi connectivity index (χ1) is 7.56. The van der Waals surface area contributed by atoms with E-state index in [1.807, 2.05) is 0 Å². The van der Waals surface area contributed by atoms with Gasteiger partial charge in [-0.1, -0.05) is 6.07 Å². The molecule has 0 saturated carbocycles. The quantitative estimate of drug-likeness (QED) is 0.868. The Labute approximate surface area is 97.1 Å². The monoisotopic (exact) mass is 246 g/mol. The molecule has 0 unspecified atom stereocenters. The van der Waals surface area contributed by atoms with E-state index in [-0.39, 0.29) is 0 Å². The zero-order valence-corrected chi connectivity index (χ0v) is 9.72. The van der Waals surface area contributed by atoms with Gasteiger partial charge in [-0.3, -0.25) is 4.79 Å². The molecule has 0 radical (unpaired) electrons. The Morgan fingerprint density at radius 2 is 1.76 bits per heavy atom. The number of aryl methyl sites for hydroxylation is 1. The summed E-state index contributed by atoms with van der Waals surface area (Å²) < 4.78 is 37.3. The van der Waals surface area contributed by atoms with Gasteiger partial charge in [0.1, 0.15) is 0 Å². The Balaban J connectivity index is 3.29. The summed E-state index contributed by atoms with van der Waals surface area (Å²) in [6, 6.07) is 3.11. The number of benzene rings is 1. The first-order valence-corrected chi connectivity index (χ1v) is 4.98. The summed E-state index contributed by atoms with van der Waals surface area (Å²) in [5, 5.41) is 9.03. The van der Waals surface area contributed by atoms with E-state index in [1.165, 1.54) is 26.8 Å². The van der Waals surface area contributed by atoms with E-state index in [0.717, 1.165) is 12.1 Å². The molecular weight excluding hydrogens is 233 g/mol. The van der Waals surface area contributed by atoms with E-state index < -0.39 is 23.1 Å². The summed E-state index contributed by atoms with van der Waals surface area (Å²) in [6.07, 6.45) is -4.41. The van der Waals surface area contributed by atoms with Crippen LogP contribution in [0.5, 0.6) is 0 Å². The number of carboxylic acids is 1. The molecule has 0 saturated heterocycles. The molecule has 1 aromatic carbocycles. The summed E-state index contributed by atoms with van der Waals surface area (Å²) in [6.45, 7) is 4.41. The zero-order chi connectivity index (χ0) is 13.4. The van der Waals surface area contributed by atoms with Gasteiger partial charge in [-0.2, -0.15) is 13.2 Å². The lowest BCUT2D eigenvalue weighted by atomic mass is 9.81. The highest BCUT2D eigenvalue weighted by Crippen LogP contribution is 2.33. The van der Waals surface area contributed by atoms with E-state index in [2.05, 4.69) is 0 Å². The second kappa shape index (κ2) is 4.05. The van der Waals surface area contributed by atoms with Crippen LogP contribution in [0.15, 0.2) is 18.2 Å². The fraction of sp³-hybridized carbons (Fsp3) is 0.417. The molecule has 0 aromatic heterocycles. The molecule has 1 aromatic rings. The van der Waals surface area contributed by atoms with Gasteiger partial charge in [-0.05, 0) is 44.0 Å². The van der Waals surface area contributed by atoms with E-state index >= 15 is 0 Å². The number of hydrogen-bond acceptors (Lipinski definition) is 1. The van der Waals surface area contributed by atoms with Crippen molar-refractivity contribution in [2.45, 2.75) is 32.4 Å². The summed E-state index contributed by atoms with van der Waals surface area (Å²) >= 11 is 0. The Morgan fingerprint density at radius 3 is 2.12 bits per heavy atom. The first-order valence-electron chi connectivity index (χ1n) is 4.98. The molecular formula is C12H13F3O2. The number of halogens is 3. The number of aliphatic carboxylic acids is 1. The second-order valence-corrected chi connectivity index (χ2v) is 4.46. The number of alkyl halides is 3. The molecule has 2 nitrogen and oxygen atoms in total. The van der Waals surface area contributed by atoms with Crippen LogP contribution in [0.1, 0.15) is 30.5 Å². The van der Waals surface area contributed by atoms with Gasteiger partial charge in [0, 0.05) is 0 Å². The van der Waals surface area contributed by atoms with Crippen LogP contribution in [0.4, 0.5) is 13.2 Å². The lowest BCUT2D eigenvalue weighted by Gasteiger charge is -2.22. The molecule has 1 rings (SSSR count). The number of carbonyl (C=O) groups is 1. The average molecular weight is 246 g/mol. The van der Waals surface area contributed by atoms with Gasteiger partial charge in [0.25, 0.3) is 0 Å². The van der Waals surface area contributed by atoms with Crippen LogP contribution in [0.25, 0.3) is 0 Å². The number of hydrogen-bond donors (Lipinski definition) is 1. The van der Waals surface area contributed by atoms with Crippen molar-refractivity contribution in [2.24, 2.45) is 0 Å². The zero-order valence-electron chi connectivity index (χ0n) is 9.72. The lowest BCUT2D eigenvalue weighted by Crippen LogP contribution is -2.29. The Kier molecular flexibility index (Phi) is 3.23. The van der Waals surface area contributed by atoms with Crippen molar-refractivity contribution < 1.29 is 23.1 Å².